The average Bonchev–Trinajstić information content (AvgIpc) is 3.74. The van der Waals surface area contributed by atoms with Crippen LogP contribution in [0.1, 0.15) is 0 Å². The van der Waals surface area contributed by atoms with Crippen molar-refractivity contribution in [2.75, 3.05) is 0 Å². The first-order valence-electron chi connectivity index (χ1n) is 15.7. The van der Waals surface area contributed by atoms with Crippen LogP contribution in [0.3, 0.4) is 0 Å². The van der Waals surface area contributed by atoms with Crippen LogP contribution in [0.5, 0.6) is 0 Å². The van der Waals surface area contributed by atoms with Gasteiger partial charge in [0.2, 0.25) is 0 Å². The molecular weight excluding hydrogens is 560 g/mol. The van der Waals surface area contributed by atoms with Crippen molar-refractivity contribution in [1.82, 2.24) is 18.9 Å². The average molecular weight is 585 g/mol. The van der Waals surface area contributed by atoms with E-state index in [2.05, 4.69) is 136 Å². The van der Waals surface area contributed by atoms with E-state index in [1.165, 1.54) is 59.6 Å². The lowest BCUT2D eigenvalue weighted by molar-refractivity contribution is 1.08. The molecule has 212 valence electrons. The minimum absolute atomic E-state index is 0.722. The van der Waals surface area contributed by atoms with Gasteiger partial charge in [-0.3, -0.25) is 4.57 Å². The first kappa shape index (κ1) is 24.1. The zero-order chi connectivity index (χ0) is 29.9. The van der Waals surface area contributed by atoms with Gasteiger partial charge in [0.15, 0.2) is 5.82 Å². The topological polar surface area (TPSA) is 35.1 Å². The molecular formula is C42H24N4. The highest BCUT2D eigenvalue weighted by Gasteiger charge is 2.25. The molecule has 0 N–H and O–H groups in total. The molecule has 0 amide bonds. The lowest BCUT2D eigenvalue weighted by Crippen LogP contribution is -2.02. The number of hydrogen-bond acceptors (Lipinski definition) is 2. The van der Waals surface area contributed by atoms with E-state index in [0.29, 0.717) is 0 Å². The summed E-state index contributed by atoms with van der Waals surface area (Å²) in [6, 6.07) is 52.1. The number of para-hydroxylation sites is 3. The molecule has 4 aromatic heterocycles. The molecule has 0 unspecified atom stereocenters. The van der Waals surface area contributed by atoms with Crippen LogP contribution in [0.2, 0.25) is 0 Å². The predicted octanol–water partition coefficient (Wildman–Crippen LogP) is 10.7. The highest BCUT2D eigenvalue weighted by atomic mass is 15.1. The van der Waals surface area contributed by atoms with Crippen molar-refractivity contribution in [3.05, 3.63) is 146 Å². The van der Waals surface area contributed by atoms with E-state index in [0.717, 1.165) is 39.1 Å². The Morgan fingerprint density at radius 3 is 1.93 bits per heavy atom. The standard InChI is InChI=1S/C42H24N4/c1-2-12-25(13-3-1)41-43-33-19-9-6-17-29(33)42(44-41)46-35-21-11-8-18-30(35)38-37(46)24-31-28-16-7-10-20-34(28)45-36-23-27-15-5-4-14-26(27)22-32(36)39(38)40(31)45/h1-24H. The summed E-state index contributed by atoms with van der Waals surface area (Å²) in [6.45, 7) is 0. The van der Waals surface area contributed by atoms with Gasteiger partial charge in [0.05, 0.1) is 33.1 Å². The van der Waals surface area contributed by atoms with E-state index in [1.807, 2.05) is 18.2 Å². The Hall–Kier alpha value is -6.26. The van der Waals surface area contributed by atoms with Crippen molar-refractivity contribution in [2.24, 2.45) is 0 Å². The third kappa shape index (κ3) is 3.03. The van der Waals surface area contributed by atoms with E-state index in [9.17, 15) is 0 Å². The third-order valence-electron chi connectivity index (χ3n) is 9.79. The molecule has 0 spiro atoms. The largest absolute Gasteiger partial charge is 0.308 e. The first-order chi connectivity index (χ1) is 22.8. The number of aromatic nitrogens is 4. The molecule has 0 aliphatic rings. The van der Waals surface area contributed by atoms with Crippen LogP contribution < -0.4 is 0 Å². The summed E-state index contributed by atoms with van der Waals surface area (Å²) in [5.41, 5.74) is 7.96. The third-order valence-corrected chi connectivity index (χ3v) is 9.79. The molecule has 46 heavy (non-hydrogen) atoms. The van der Waals surface area contributed by atoms with Gasteiger partial charge in [-0.1, -0.05) is 103 Å². The van der Waals surface area contributed by atoms with E-state index < -0.39 is 0 Å². The van der Waals surface area contributed by atoms with Gasteiger partial charge in [-0.2, -0.15) is 0 Å². The van der Waals surface area contributed by atoms with Crippen LogP contribution in [0, 0.1) is 0 Å². The Balaban J connectivity index is 1.40. The Kier molecular flexibility index (Phi) is 4.55. The van der Waals surface area contributed by atoms with Gasteiger partial charge in [-0.05, 0) is 53.2 Å². The van der Waals surface area contributed by atoms with E-state index >= 15 is 0 Å². The monoisotopic (exact) mass is 584 g/mol. The van der Waals surface area contributed by atoms with Crippen LogP contribution in [-0.2, 0) is 0 Å². The summed E-state index contributed by atoms with van der Waals surface area (Å²) in [6.07, 6.45) is 0. The Morgan fingerprint density at radius 1 is 0.413 bits per heavy atom. The maximum absolute atomic E-state index is 5.34. The maximum atomic E-state index is 5.34. The molecule has 7 aromatic carbocycles. The molecule has 0 atom stereocenters. The molecule has 0 radical (unpaired) electrons. The number of rotatable bonds is 2. The molecule has 0 saturated carbocycles. The zero-order valence-electron chi connectivity index (χ0n) is 24.6. The second-order valence-corrected chi connectivity index (χ2v) is 12.2. The molecule has 11 rings (SSSR count). The second-order valence-electron chi connectivity index (χ2n) is 12.2. The van der Waals surface area contributed by atoms with Crippen LogP contribution >= 0.6 is 0 Å². The minimum atomic E-state index is 0.722. The zero-order valence-corrected chi connectivity index (χ0v) is 24.6. The van der Waals surface area contributed by atoms with Crippen molar-refractivity contribution in [1.29, 1.82) is 0 Å². The van der Waals surface area contributed by atoms with Gasteiger partial charge in [-0.15, -0.1) is 0 Å². The number of hydrogen-bond donors (Lipinski definition) is 0. The fourth-order valence-electron chi connectivity index (χ4n) is 7.87. The van der Waals surface area contributed by atoms with Crippen molar-refractivity contribution in [2.45, 2.75) is 0 Å². The van der Waals surface area contributed by atoms with Gasteiger partial charge in [0.25, 0.3) is 0 Å². The van der Waals surface area contributed by atoms with E-state index in [1.54, 1.807) is 0 Å². The summed E-state index contributed by atoms with van der Waals surface area (Å²) in [4.78, 5) is 10.4. The van der Waals surface area contributed by atoms with E-state index in [4.69, 9.17) is 9.97 Å². The quantitative estimate of drug-likeness (QED) is 0.203. The fourth-order valence-corrected chi connectivity index (χ4v) is 7.87. The molecule has 4 heterocycles. The van der Waals surface area contributed by atoms with Crippen molar-refractivity contribution >= 4 is 81.6 Å². The molecule has 0 fully saturated rings. The van der Waals surface area contributed by atoms with Crippen LogP contribution in [0.15, 0.2) is 146 Å². The number of fused-ring (bicyclic) bond motifs is 12. The minimum Gasteiger partial charge on any atom is -0.308 e. The predicted molar refractivity (Wildman–Crippen MR) is 191 cm³/mol. The molecule has 4 nitrogen and oxygen atoms in total. The molecule has 0 aliphatic heterocycles. The van der Waals surface area contributed by atoms with Gasteiger partial charge >= 0.3 is 0 Å². The SMILES string of the molecule is c1ccc(-c2nc(-n3c4ccccc4c4c5c6cc7ccccc7cc6n6c7ccccc7c(cc43)c56)c3ccccc3n2)cc1. The summed E-state index contributed by atoms with van der Waals surface area (Å²) in [7, 11) is 0. The van der Waals surface area contributed by atoms with Crippen LogP contribution in [0.25, 0.3) is 98.8 Å². The van der Waals surface area contributed by atoms with Crippen LogP contribution in [0.4, 0.5) is 0 Å². The molecule has 11 aromatic rings. The molecule has 4 heteroatoms. The Morgan fingerprint density at radius 2 is 1.09 bits per heavy atom. The summed E-state index contributed by atoms with van der Waals surface area (Å²) < 4.78 is 4.86. The molecule has 0 bridgehead atoms. The van der Waals surface area contributed by atoms with Gasteiger partial charge in [0.1, 0.15) is 5.82 Å². The lowest BCUT2D eigenvalue weighted by Gasteiger charge is -2.13. The number of benzene rings is 7. The molecule has 0 saturated heterocycles. The maximum Gasteiger partial charge on any atom is 0.162 e. The van der Waals surface area contributed by atoms with Gasteiger partial charge in [0, 0.05) is 43.3 Å². The smallest absolute Gasteiger partial charge is 0.162 e. The van der Waals surface area contributed by atoms with Crippen molar-refractivity contribution < 1.29 is 0 Å². The summed E-state index contributed by atoms with van der Waals surface area (Å²) in [5, 5.41) is 11.1. The Labute approximate surface area is 262 Å². The summed E-state index contributed by atoms with van der Waals surface area (Å²) in [5.74, 6) is 1.61. The second kappa shape index (κ2) is 8.68. The van der Waals surface area contributed by atoms with Gasteiger partial charge in [-0.25, -0.2) is 9.97 Å². The highest BCUT2D eigenvalue weighted by molar-refractivity contribution is 6.36. The van der Waals surface area contributed by atoms with Gasteiger partial charge < -0.3 is 4.40 Å². The number of nitrogens with zero attached hydrogens (tertiary/aromatic N) is 4. The summed E-state index contributed by atoms with van der Waals surface area (Å²) >= 11 is 0. The highest BCUT2D eigenvalue weighted by Crippen LogP contribution is 2.47. The Bertz CT molecular complexity index is 3020. The first-order valence-corrected chi connectivity index (χ1v) is 15.7. The van der Waals surface area contributed by atoms with Crippen molar-refractivity contribution in [3.8, 4) is 17.2 Å². The molecule has 0 aliphatic carbocycles. The van der Waals surface area contributed by atoms with Crippen molar-refractivity contribution in [3.63, 3.8) is 0 Å². The lowest BCUT2D eigenvalue weighted by atomic mass is 10.0. The van der Waals surface area contributed by atoms with Crippen LogP contribution in [-0.4, -0.2) is 18.9 Å². The van der Waals surface area contributed by atoms with E-state index in [-0.39, 0.29) is 0 Å². The normalized spacial score (nSPS) is 12.3. The fraction of sp³-hybridized carbons (Fsp3) is 0.